The summed E-state index contributed by atoms with van der Waals surface area (Å²) in [5.74, 6) is -1.68. The molecule has 3 fully saturated rings. The highest BCUT2D eigenvalue weighted by atomic mass is 32.3. The molecule has 3 aliphatic heterocycles. The molecule has 3 rings (SSSR count). The number of carboxylic acids is 1. The van der Waals surface area contributed by atoms with Gasteiger partial charge in [-0.25, -0.2) is 4.79 Å². The second-order valence-electron chi connectivity index (χ2n) is 7.04. The lowest BCUT2D eigenvalue weighted by atomic mass is 9.98. The van der Waals surface area contributed by atoms with Crippen molar-refractivity contribution in [3.8, 4) is 0 Å². The van der Waals surface area contributed by atoms with E-state index in [9.17, 15) is 24.6 Å². The fourth-order valence-corrected chi connectivity index (χ4v) is 8.61. The fourth-order valence-electron chi connectivity index (χ4n) is 4.30. The molecule has 2 amide bonds. The highest BCUT2D eigenvalue weighted by molar-refractivity contribution is 8.46. The zero-order valence-corrected chi connectivity index (χ0v) is 14.3. The van der Waals surface area contributed by atoms with Gasteiger partial charge in [-0.1, -0.05) is 0 Å². The van der Waals surface area contributed by atoms with Crippen LogP contribution >= 0.6 is 10.0 Å². The van der Waals surface area contributed by atoms with Crippen molar-refractivity contribution >= 4 is 27.1 Å². The number of aliphatic hydroxyl groups excluding tert-OH is 1. The van der Waals surface area contributed by atoms with E-state index >= 15 is 0 Å². The van der Waals surface area contributed by atoms with Crippen molar-refractivity contribution in [1.29, 1.82) is 0 Å². The summed E-state index contributed by atoms with van der Waals surface area (Å²) in [6.45, 7) is 4.76. The van der Waals surface area contributed by atoms with E-state index in [4.69, 9.17) is 0 Å². The van der Waals surface area contributed by atoms with E-state index in [1.54, 1.807) is 18.7 Å². The lowest BCUT2D eigenvalue weighted by Crippen LogP contribution is -2.57. The number of nitrogens with zero attached hydrogens (tertiary/aromatic N) is 2. The van der Waals surface area contributed by atoms with Gasteiger partial charge < -0.3 is 20.0 Å². The number of piperidine rings is 1. The lowest BCUT2D eigenvalue weighted by molar-refractivity contribution is -0.157. The third-order valence-corrected chi connectivity index (χ3v) is 10.4. The van der Waals surface area contributed by atoms with Crippen molar-refractivity contribution < 1.29 is 24.6 Å². The van der Waals surface area contributed by atoms with Crippen LogP contribution in [-0.4, -0.2) is 72.3 Å². The largest absolute Gasteiger partial charge is 0.480 e. The number of β-lactam (4-membered cyclic amide) rings is 1. The molecule has 0 aliphatic carbocycles. The molecule has 23 heavy (non-hydrogen) atoms. The molecule has 0 saturated carbocycles. The molecule has 0 aromatic rings. The van der Waals surface area contributed by atoms with Crippen LogP contribution in [0.5, 0.6) is 0 Å². The van der Waals surface area contributed by atoms with Gasteiger partial charge in [0.25, 0.3) is 5.24 Å². The Morgan fingerprint density at radius 1 is 1.26 bits per heavy atom. The summed E-state index contributed by atoms with van der Waals surface area (Å²) in [4.78, 5) is 40.2. The van der Waals surface area contributed by atoms with Crippen LogP contribution in [0.2, 0.25) is 0 Å². The average molecular weight is 344 g/mol. The number of aliphatic carboxylic acids is 1. The maximum absolute atomic E-state index is 13.3. The van der Waals surface area contributed by atoms with Crippen LogP contribution in [-0.2, 0) is 9.59 Å². The SMILES string of the molecule is CC1(C)[C@H](C(=O)O)N2C(=O)C[C@H]2S1(CO)C(=O)N1CCCCC1. The molecule has 0 aromatic heterocycles. The van der Waals surface area contributed by atoms with Crippen LogP contribution in [0, 0.1) is 0 Å². The van der Waals surface area contributed by atoms with Crippen LogP contribution in [0.25, 0.3) is 0 Å². The number of carboxylic acid groups (broad SMARTS) is 1. The summed E-state index contributed by atoms with van der Waals surface area (Å²) in [5, 5.41) is 19.3. The van der Waals surface area contributed by atoms with Gasteiger partial charge in [0.05, 0.1) is 17.7 Å². The molecule has 130 valence electrons. The molecule has 8 heteroatoms. The lowest BCUT2D eigenvalue weighted by Gasteiger charge is -2.51. The summed E-state index contributed by atoms with van der Waals surface area (Å²) < 4.78 is -0.945. The maximum atomic E-state index is 13.3. The Hall–Kier alpha value is -1.28. The third kappa shape index (κ3) is 1.97. The molecule has 0 radical (unpaired) electrons. The Labute approximate surface area is 136 Å². The zero-order chi connectivity index (χ0) is 17.0. The molecular weight excluding hydrogens is 320 g/mol. The normalized spacial score (nSPS) is 38.5. The number of rotatable bonds is 2. The Bertz CT molecular complexity index is 560. The zero-order valence-electron chi connectivity index (χ0n) is 13.5. The molecule has 0 spiro atoms. The number of fused-ring (bicyclic) bond motifs is 1. The van der Waals surface area contributed by atoms with E-state index in [0.29, 0.717) is 13.1 Å². The molecule has 3 aliphatic rings. The van der Waals surface area contributed by atoms with Crippen molar-refractivity contribution in [2.75, 3.05) is 19.0 Å². The Morgan fingerprint density at radius 2 is 1.87 bits per heavy atom. The van der Waals surface area contributed by atoms with Gasteiger partial charge in [-0.3, -0.25) is 9.59 Å². The first-order valence-corrected chi connectivity index (χ1v) is 9.89. The predicted octanol–water partition coefficient (Wildman–Crippen LogP) is 1.15. The molecule has 1 unspecified atom stereocenters. The van der Waals surface area contributed by atoms with E-state index in [-0.39, 0.29) is 23.5 Å². The Kier molecular flexibility index (Phi) is 3.87. The first kappa shape index (κ1) is 16.6. The van der Waals surface area contributed by atoms with Gasteiger partial charge >= 0.3 is 5.97 Å². The summed E-state index contributed by atoms with van der Waals surface area (Å²) in [5.41, 5.74) is 0. The van der Waals surface area contributed by atoms with E-state index in [1.807, 2.05) is 0 Å². The highest BCUT2D eigenvalue weighted by Gasteiger charge is 2.71. The smallest absolute Gasteiger partial charge is 0.327 e. The van der Waals surface area contributed by atoms with E-state index < -0.39 is 32.2 Å². The molecule has 3 saturated heterocycles. The van der Waals surface area contributed by atoms with Crippen LogP contribution in [0.15, 0.2) is 0 Å². The van der Waals surface area contributed by atoms with Crippen molar-refractivity contribution in [3.63, 3.8) is 0 Å². The second-order valence-corrected chi connectivity index (χ2v) is 10.8. The number of amides is 2. The highest BCUT2D eigenvalue weighted by Crippen LogP contribution is 2.74. The molecule has 0 bridgehead atoms. The van der Waals surface area contributed by atoms with Crippen LogP contribution in [0.3, 0.4) is 0 Å². The molecule has 7 nitrogen and oxygen atoms in total. The molecule has 2 N–H and O–H groups in total. The number of hydrogen-bond acceptors (Lipinski definition) is 4. The minimum Gasteiger partial charge on any atom is -0.480 e. The third-order valence-electron chi connectivity index (χ3n) is 5.65. The summed E-state index contributed by atoms with van der Waals surface area (Å²) in [6, 6.07) is -1.04. The first-order chi connectivity index (χ1) is 10.8. The van der Waals surface area contributed by atoms with Gasteiger partial charge in [-0.2, -0.15) is 0 Å². The number of hydrogen-bond donors (Lipinski definition) is 2. The Morgan fingerprint density at radius 3 is 2.30 bits per heavy atom. The summed E-state index contributed by atoms with van der Waals surface area (Å²) >= 11 is 0. The van der Waals surface area contributed by atoms with Crippen LogP contribution in [0.1, 0.15) is 39.5 Å². The Balaban J connectivity index is 2.04. The second kappa shape index (κ2) is 5.37. The number of carbonyl (C=O) groups excluding carboxylic acids is 2. The van der Waals surface area contributed by atoms with E-state index in [2.05, 4.69) is 0 Å². The summed E-state index contributed by atoms with van der Waals surface area (Å²) in [7, 11) is -2.36. The van der Waals surface area contributed by atoms with Gasteiger partial charge in [0.1, 0.15) is 6.04 Å². The number of likely N-dealkylation sites (tertiary alicyclic amines) is 1. The first-order valence-electron chi connectivity index (χ1n) is 8.02. The van der Waals surface area contributed by atoms with E-state index in [0.717, 1.165) is 19.3 Å². The van der Waals surface area contributed by atoms with Crippen molar-refractivity contribution in [3.05, 3.63) is 0 Å². The van der Waals surface area contributed by atoms with Crippen LogP contribution in [0.4, 0.5) is 4.79 Å². The standard InChI is InChI=1S/C15H24N2O5S/c1-15(2)12(13(20)21)17-10(19)8-11(17)23(15,9-18)14(22)16-6-4-3-5-7-16/h11-12,18H,3-9H2,1-2H3,(H,20,21)/t11-,12+/m1/s1. The van der Waals surface area contributed by atoms with Crippen molar-refractivity contribution in [2.24, 2.45) is 0 Å². The average Bonchev–Trinajstić information content (AvgIpc) is 2.68. The number of carbonyl (C=O) groups is 3. The topological polar surface area (TPSA) is 98.1 Å². The maximum Gasteiger partial charge on any atom is 0.327 e. The van der Waals surface area contributed by atoms with Gasteiger partial charge in [0.15, 0.2) is 0 Å². The van der Waals surface area contributed by atoms with E-state index in [1.165, 1.54) is 4.90 Å². The number of aliphatic hydroxyl groups is 1. The molecular formula is C15H24N2O5S. The van der Waals surface area contributed by atoms with Gasteiger partial charge in [-0.15, -0.1) is 10.0 Å². The molecule has 3 atom stereocenters. The minimum atomic E-state index is -2.36. The minimum absolute atomic E-state index is 0.115. The van der Waals surface area contributed by atoms with Gasteiger partial charge in [0.2, 0.25) is 5.91 Å². The fraction of sp³-hybridized carbons (Fsp3) is 0.800. The monoisotopic (exact) mass is 344 g/mol. The quantitative estimate of drug-likeness (QED) is 0.732. The molecule has 0 aromatic carbocycles. The van der Waals surface area contributed by atoms with Gasteiger partial charge in [-0.05, 0) is 33.1 Å². The molecule has 3 heterocycles. The summed E-state index contributed by atoms with van der Waals surface area (Å²) in [6.07, 6.45) is 3.12. The predicted molar refractivity (Wildman–Crippen MR) is 86.3 cm³/mol. The van der Waals surface area contributed by atoms with Crippen LogP contribution < -0.4 is 0 Å². The van der Waals surface area contributed by atoms with Gasteiger partial charge in [0, 0.05) is 17.8 Å². The van der Waals surface area contributed by atoms with Crippen molar-refractivity contribution in [2.45, 2.75) is 55.7 Å². The van der Waals surface area contributed by atoms with Crippen molar-refractivity contribution in [1.82, 2.24) is 9.80 Å².